The normalized spacial score (nSPS) is 16.3. The van der Waals surface area contributed by atoms with Gasteiger partial charge in [-0.15, -0.1) is 0 Å². The molecule has 1 N–H and O–H groups in total. The number of benzene rings is 2. The number of rotatable bonds is 6. The molecule has 1 aliphatic heterocycles. The van der Waals surface area contributed by atoms with Crippen molar-refractivity contribution in [2.45, 2.75) is 19.4 Å². The largest absolute Gasteiger partial charge is 0.497 e. The molecule has 0 aliphatic carbocycles. The Bertz CT molecular complexity index is 1050. The van der Waals surface area contributed by atoms with Crippen molar-refractivity contribution in [3.05, 3.63) is 53.6 Å². The highest BCUT2D eigenvalue weighted by atomic mass is 32.2. The van der Waals surface area contributed by atoms with Gasteiger partial charge in [-0.25, -0.2) is 13.4 Å². The Kier molecular flexibility index (Phi) is 5.78. The van der Waals surface area contributed by atoms with Crippen LogP contribution >= 0.6 is 0 Å². The van der Waals surface area contributed by atoms with Gasteiger partial charge in [0.05, 0.1) is 32.2 Å². The van der Waals surface area contributed by atoms with E-state index in [0.29, 0.717) is 23.6 Å². The van der Waals surface area contributed by atoms with Gasteiger partial charge in [-0.2, -0.15) is 5.10 Å². The fourth-order valence-electron chi connectivity index (χ4n) is 3.26. The van der Waals surface area contributed by atoms with Crippen molar-refractivity contribution in [3.63, 3.8) is 0 Å². The van der Waals surface area contributed by atoms with Crippen molar-refractivity contribution in [3.8, 4) is 11.5 Å². The second-order valence-corrected chi connectivity index (χ2v) is 8.44. The predicted molar refractivity (Wildman–Crippen MR) is 111 cm³/mol. The molecule has 0 aromatic heterocycles. The third-order valence-corrected chi connectivity index (χ3v) is 5.16. The van der Waals surface area contributed by atoms with E-state index in [-0.39, 0.29) is 11.9 Å². The first-order valence-corrected chi connectivity index (χ1v) is 10.8. The summed E-state index contributed by atoms with van der Waals surface area (Å²) in [6.45, 7) is 1.46. The Labute approximate surface area is 170 Å². The fourth-order valence-corrected chi connectivity index (χ4v) is 3.83. The lowest BCUT2D eigenvalue weighted by Gasteiger charge is -2.22. The highest BCUT2D eigenvalue weighted by Gasteiger charge is 2.33. The van der Waals surface area contributed by atoms with E-state index >= 15 is 0 Å². The number of carbonyl (C=O) groups is 1. The first-order chi connectivity index (χ1) is 13.7. The Morgan fingerprint density at radius 1 is 1.14 bits per heavy atom. The smallest absolute Gasteiger partial charge is 0.240 e. The average Bonchev–Trinajstić information content (AvgIpc) is 3.12. The van der Waals surface area contributed by atoms with Crippen LogP contribution in [0.4, 0.5) is 5.69 Å². The van der Waals surface area contributed by atoms with E-state index in [9.17, 15) is 13.2 Å². The second-order valence-electron chi connectivity index (χ2n) is 6.69. The number of methoxy groups -OCH3 is 2. The molecule has 0 saturated heterocycles. The van der Waals surface area contributed by atoms with E-state index in [1.165, 1.54) is 11.9 Å². The lowest BCUT2D eigenvalue weighted by atomic mass is 9.97. The molecule has 0 spiro atoms. The second kappa shape index (κ2) is 8.12. The summed E-state index contributed by atoms with van der Waals surface area (Å²) in [6, 6.07) is 12.0. The number of carbonyl (C=O) groups excluding carboxylic acids is 1. The molecule has 0 fully saturated rings. The first-order valence-electron chi connectivity index (χ1n) is 8.89. The zero-order valence-electron chi connectivity index (χ0n) is 16.7. The van der Waals surface area contributed by atoms with Gasteiger partial charge in [-0.05, 0) is 35.9 Å². The highest BCUT2D eigenvalue weighted by Crippen LogP contribution is 2.39. The van der Waals surface area contributed by atoms with Gasteiger partial charge in [-0.3, -0.25) is 9.52 Å². The molecule has 9 heteroatoms. The van der Waals surface area contributed by atoms with Crippen LogP contribution < -0.4 is 14.2 Å². The summed E-state index contributed by atoms with van der Waals surface area (Å²) in [6.07, 6.45) is 1.58. The van der Waals surface area contributed by atoms with Gasteiger partial charge in [0.2, 0.25) is 15.9 Å². The Hall–Kier alpha value is -3.07. The van der Waals surface area contributed by atoms with Crippen molar-refractivity contribution in [1.82, 2.24) is 5.01 Å². The number of hydrogen-bond donors (Lipinski definition) is 1. The minimum Gasteiger partial charge on any atom is -0.497 e. The van der Waals surface area contributed by atoms with Crippen LogP contribution in [-0.2, 0) is 14.8 Å². The van der Waals surface area contributed by atoms with Crippen LogP contribution in [0.2, 0.25) is 0 Å². The van der Waals surface area contributed by atoms with E-state index in [0.717, 1.165) is 23.1 Å². The van der Waals surface area contributed by atoms with Crippen molar-refractivity contribution < 1.29 is 22.7 Å². The van der Waals surface area contributed by atoms with Crippen LogP contribution in [0.5, 0.6) is 11.5 Å². The van der Waals surface area contributed by atoms with E-state index in [2.05, 4.69) is 9.82 Å². The monoisotopic (exact) mass is 417 g/mol. The highest BCUT2D eigenvalue weighted by molar-refractivity contribution is 7.92. The molecule has 0 unspecified atom stereocenters. The lowest BCUT2D eigenvalue weighted by Crippen LogP contribution is -2.24. The number of amides is 1. The molecule has 3 rings (SSSR count). The summed E-state index contributed by atoms with van der Waals surface area (Å²) in [4.78, 5) is 12.2. The number of nitrogens with zero attached hydrogens (tertiary/aromatic N) is 2. The van der Waals surface area contributed by atoms with Crippen LogP contribution in [0.3, 0.4) is 0 Å². The molecule has 2 aromatic rings. The van der Waals surface area contributed by atoms with E-state index in [1.807, 2.05) is 6.07 Å². The standard InChI is InChI=1S/C20H23N3O5S/c1-13(24)23-19(17-11-16(27-2)9-10-20(17)28-3)12-18(21-23)14-5-7-15(8-6-14)22-29(4,25)26/h5-11,19,22H,12H2,1-4H3/t19-/m0/s1. The molecular weight excluding hydrogens is 394 g/mol. The molecule has 154 valence electrons. The third-order valence-electron chi connectivity index (χ3n) is 4.55. The summed E-state index contributed by atoms with van der Waals surface area (Å²) in [7, 11) is -0.190. The summed E-state index contributed by atoms with van der Waals surface area (Å²) in [5.41, 5.74) is 2.79. The van der Waals surface area contributed by atoms with Gasteiger partial charge in [0.25, 0.3) is 0 Å². The Morgan fingerprint density at radius 2 is 1.83 bits per heavy atom. The quantitative estimate of drug-likeness (QED) is 0.779. The summed E-state index contributed by atoms with van der Waals surface area (Å²) in [5, 5.41) is 5.96. The van der Waals surface area contributed by atoms with E-state index in [1.54, 1.807) is 50.6 Å². The van der Waals surface area contributed by atoms with Crippen LogP contribution in [0, 0.1) is 0 Å². The first kappa shape index (κ1) is 20.7. The molecule has 1 amide bonds. The molecule has 0 bridgehead atoms. The van der Waals surface area contributed by atoms with Crippen molar-refractivity contribution in [2.75, 3.05) is 25.2 Å². The van der Waals surface area contributed by atoms with Gasteiger partial charge < -0.3 is 9.47 Å². The maximum absolute atomic E-state index is 12.2. The number of hydrogen-bond acceptors (Lipinski definition) is 6. The third kappa shape index (κ3) is 4.68. The SMILES string of the molecule is COc1ccc(OC)c([C@@H]2CC(c3ccc(NS(C)(=O)=O)cc3)=NN2C(C)=O)c1. The average molecular weight is 417 g/mol. The van der Waals surface area contributed by atoms with Gasteiger partial charge >= 0.3 is 0 Å². The lowest BCUT2D eigenvalue weighted by molar-refractivity contribution is -0.130. The maximum atomic E-state index is 12.2. The van der Waals surface area contributed by atoms with Crippen LogP contribution in [0.1, 0.15) is 30.5 Å². The molecule has 0 radical (unpaired) electrons. The molecule has 29 heavy (non-hydrogen) atoms. The minimum absolute atomic E-state index is 0.190. The van der Waals surface area contributed by atoms with Gasteiger partial charge in [0.15, 0.2) is 0 Å². The summed E-state index contributed by atoms with van der Waals surface area (Å²) in [5.74, 6) is 1.12. The number of ether oxygens (including phenoxy) is 2. The molecule has 1 aliphatic rings. The molecule has 0 saturated carbocycles. The number of nitrogens with one attached hydrogen (secondary N) is 1. The minimum atomic E-state index is -3.35. The van der Waals surface area contributed by atoms with Crippen LogP contribution in [0.15, 0.2) is 47.6 Å². The maximum Gasteiger partial charge on any atom is 0.240 e. The number of anilines is 1. The van der Waals surface area contributed by atoms with E-state index < -0.39 is 10.0 Å². The molecule has 1 heterocycles. The van der Waals surface area contributed by atoms with Crippen LogP contribution in [-0.4, -0.2) is 45.5 Å². The molecule has 2 aromatic carbocycles. The zero-order valence-corrected chi connectivity index (χ0v) is 17.5. The topological polar surface area (TPSA) is 97.3 Å². The predicted octanol–water partition coefficient (Wildman–Crippen LogP) is 2.77. The van der Waals surface area contributed by atoms with Crippen molar-refractivity contribution in [2.24, 2.45) is 5.10 Å². The molecule has 8 nitrogen and oxygen atoms in total. The van der Waals surface area contributed by atoms with Gasteiger partial charge in [0.1, 0.15) is 11.5 Å². The van der Waals surface area contributed by atoms with Crippen LogP contribution in [0.25, 0.3) is 0 Å². The Morgan fingerprint density at radius 3 is 2.38 bits per heavy atom. The van der Waals surface area contributed by atoms with Gasteiger partial charge in [0, 0.05) is 24.6 Å². The van der Waals surface area contributed by atoms with E-state index in [4.69, 9.17) is 9.47 Å². The zero-order chi connectivity index (χ0) is 21.2. The molecular formula is C20H23N3O5S. The van der Waals surface area contributed by atoms with Crippen molar-refractivity contribution >= 4 is 27.3 Å². The van der Waals surface area contributed by atoms with Gasteiger partial charge in [-0.1, -0.05) is 12.1 Å². The van der Waals surface area contributed by atoms with Crippen molar-refractivity contribution in [1.29, 1.82) is 0 Å². The fraction of sp³-hybridized carbons (Fsp3) is 0.300. The molecule has 1 atom stereocenters. The summed E-state index contributed by atoms with van der Waals surface area (Å²) >= 11 is 0. The number of hydrazone groups is 1. The number of sulfonamides is 1. The Balaban J connectivity index is 1.93. The summed E-state index contributed by atoms with van der Waals surface area (Å²) < 4.78 is 36.0.